The number of carbonyl (C=O) groups excluding carboxylic acids is 2. The molecule has 1 heterocycles. The van der Waals surface area contributed by atoms with Gasteiger partial charge in [-0.15, -0.1) is 0 Å². The number of hydrogen-bond donors (Lipinski definition) is 2. The Morgan fingerprint density at radius 1 is 1.21 bits per heavy atom. The molecular formula is C13H21N3O2S. The highest BCUT2D eigenvalue weighted by atomic mass is 32.1. The third-order valence-corrected chi connectivity index (χ3v) is 4.24. The van der Waals surface area contributed by atoms with Crippen molar-refractivity contribution in [3.05, 3.63) is 0 Å². The van der Waals surface area contributed by atoms with E-state index in [0.29, 0.717) is 18.0 Å². The normalized spacial score (nSPS) is 23.1. The zero-order valence-electron chi connectivity index (χ0n) is 11.1. The lowest BCUT2D eigenvalue weighted by molar-refractivity contribution is -0.132. The molecule has 1 spiro atoms. The van der Waals surface area contributed by atoms with Crippen molar-refractivity contribution in [1.29, 1.82) is 0 Å². The van der Waals surface area contributed by atoms with Crippen LogP contribution < -0.4 is 11.1 Å². The first kappa shape index (κ1) is 14.2. The van der Waals surface area contributed by atoms with E-state index in [9.17, 15) is 9.59 Å². The van der Waals surface area contributed by atoms with Crippen LogP contribution in [0.5, 0.6) is 0 Å². The highest BCUT2D eigenvalue weighted by Crippen LogP contribution is 2.32. The van der Waals surface area contributed by atoms with Crippen LogP contribution in [0.3, 0.4) is 0 Å². The molecule has 0 aromatic rings. The number of carbonyl (C=O) groups is 2. The quantitative estimate of drug-likeness (QED) is 0.610. The third kappa shape index (κ3) is 3.05. The van der Waals surface area contributed by atoms with Gasteiger partial charge in [-0.05, 0) is 12.8 Å². The Balaban J connectivity index is 2.08. The molecule has 2 fully saturated rings. The Bertz CT molecular complexity index is 389. The topological polar surface area (TPSA) is 75.4 Å². The highest BCUT2D eigenvalue weighted by molar-refractivity contribution is 7.80. The van der Waals surface area contributed by atoms with Gasteiger partial charge in [0, 0.05) is 13.0 Å². The molecule has 6 heteroatoms. The molecular weight excluding hydrogens is 262 g/mol. The van der Waals surface area contributed by atoms with Crippen LogP contribution in [0.4, 0.5) is 4.79 Å². The molecule has 5 nitrogen and oxygen atoms in total. The summed E-state index contributed by atoms with van der Waals surface area (Å²) in [5, 5.41) is 2.91. The molecule has 0 radical (unpaired) electrons. The van der Waals surface area contributed by atoms with E-state index < -0.39 is 5.54 Å². The first-order valence-electron chi connectivity index (χ1n) is 6.98. The van der Waals surface area contributed by atoms with Crippen molar-refractivity contribution >= 4 is 29.1 Å². The SMILES string of the molecule is NC(=S)CCN1C(=O)NC2(CCCCCCC2)C1=O. The van der Waals surface area contributed by atoms with Crippen molar-refractivity contribution in [1.82, 2.24) is 10.2 Å². The number of rotatable bonds is 3. The second kappa shape index (κ2) is 5.86. The summed E-state index contributed by atoms with van der Waals surface area (Å²) in [5.74, 6) is -0.0874. The Kier molecular flexibility index (Phi) is 4.39. The smallest absolute Gasteiger partial charge is 0.325 e. The van der Waals surface area contributed by atoms with Gasteiger partial charge < -0.3 is 11.1 Å². The molecule has 0 aromatic carbocycles. The average molecular weight is 283 g/mol. The van der Waals surface area contributed by atoms with Crippen molar-refractivity contribution < 1.29 is 9.59 Å². The van der Waals surface area contributed by atoms with E-state index in [0.717, 1.165) is 38.5 Å². The second-order valence-electron chi connectivity index (χ2n) is 5.45. The standard InChI is InChI=1S/C13H21N3O2S/c14-10(19)6-9-16-11(17)13(15-12(16)18)7-4-2-1-3-5-8-13/h1-9H2,(H2,14,19)(H,15,18). The predicted molar refractivity (Wildman–Crippen MR) is 76.7 cm³/mol. The van der Waals surface area contributed by atoms with Gasteiger partial charge in [-0.25, -0.2) is 4.79 Å². The zero-order valence-corrected chi connectivity index (χ0v) is 11.9. The molecule has 2 rings (SSSR count). The molecule has 0 atom stereocenters. The van der Waals surface area contributed by atoms with Gasteiger partial charge in [0.05, 0.1) is 4.99 Å². The molecule has 106 valence electrons. The number of thiocarbonyl (C=S) groups is 1. The van der Waals surface area contributed by atoms with Crippen LogP contribution in [0, 0.1) is 0 Å². The van der Waals surface area contributed by atoms with E-state index in [2.05, 4.69) is 5.32 Å². The molecule has 19 heavy (non-hydrogen) atoms. The van der Waals surface area contributed by atoms with E-state index in [1.807, 2.05) is 0 Å². The van der Waals surface area contributed by atoms with Crippen LogP contribution in [0.15, 0.2) is 0 Å². The molecule has 1 aliphatic carbocycles. The molecule has 3 N–H and O–H groups in total. The van der Waals surface area contributed by atoms with E-state index in [-0.39, 0.29) is 11.9 Å². The van der Waals surface area contributed by atoms with Crippen LogP contribution in [0.2, 0.25) is 0 Å². The summed E-state index contributed by atoms with van der Waals surface area (Å²) in [6.07, 6.45) is 7.39. The van der Waals surface area contributed by atoms with Crippen molar-refractivity contribution in [2.75, 3.05) is 6.54 Å². The summed E-state index contributed by atoms with van der Waals surface area (Å²) in [4.78, 5) is 26.1. The molecule has 0 bridgehead atoms. The van der Waals surface area contributed by atoms with Crippen LogP contribution in [0.25, 0.3) is 0 Å². The highest BCUT2D eigenvalue weighted by Gasteiger charge is 2.50. The maximum absolute atomic E-state index is 12.5. The Labute approximate surface area is 118 Å². The van der Waals surface area contributed by atoms with Gasteiger partial charge in [-0.3, -0.25) is 9.69 Å². The lowest BCUT2D eigenvalue weighted by atomic mass is 9.84. The minimum absolute atomic E-state index is 0.0874. The molecule has 0 aromatic heterocycles. The number of nitrogens with zero attached hydrogens (tertiary/aromatic N) is 1. The number of nitrogens with one attached hydrogen (secondary N) is 1. The molecule has 0 unspecified atom stereocenters. The molecule has 1 saturated carbocycles. The lowest BCUT2D eigenvalue weighted by Crippen LogP contribution is -2.47. The average Bonchev–Trinajstić information content (AvgIpc) is 2.55. The van der Waals surface area contributed by atoms with Crippen molar-refractivity contribution in [3.8, 4) is 0 Å². The number of nitrogens with two attached hydrogens (primary N) is 1. The van der Waals surface area contributed by atoms with Crippen molar-refractivity contribution in [2.24, 2.45) is 5.73 Å². The molecule has 2 aliphatic rings. The summed E-state index contributed by atoms with van der Waals surface area (Å²) in [6.45, 7) is 0.293. The Hall–Kier alpha value is -1.17. The molecule has 3 amide bonds. The van der Waals surface area contributed by atoms with Crippen molar-refractivity contribution in [2.45, 2.75) is 56.9 Å². The van der Waals surface area contributed by atoms with Gasteiger partial charge in [-0.1, -0.05) is 44.3 Å². The third-order valence-electron chi connectivity index (χ3n) is 4.03. The van der Waals surface area contributed by atoms with Crippen molar-refractivity contribution in [3.63, 3.8) is 0 Å². The number of amides is 3. The lowest BCUT2D eigenvalue weighted by Gasteiger charge is -2.28. The van der Waals surface area contributed by atoms with Gasteiger partial charge in [0.1, 0.15) is 5.54 Å². The summed E-state index contributed by atoms with van der Waals surface area (Å²) < 4.78 is 0. The van der Waals surface area contributed by atoms with Gasteiger partial charge in [0.2, 0.25) is 0 Å². The van der Waals surface area contributed by atoms with Crippen LogP contribution in [-0.2, 0) is 4.79 Å². The summed E-state index contributed by atoms with van der Waals surface area (Å²) in [7, 11) is 0. The van der Waals surface area contributed by atoms with Gasteiger partial charge in [0.25, 0.3) is 5.91 Å². The summed E-state index contributed by atoms with van der Waals surface area (Å²) in [5.41, 5.74) is 4.78. The van der Waals surface area contributed by atoms with E-state index in [1.54, 1.807) is 0 Å². The maximum Gasteiger partial charge on any atom is 0.325 e. The summed E-state index contributed by atoms with van der Waals surface area (Å²) >= 11 is 4.80. The van der Waals surface area contributed by atoms with Gasteiger partial charge in [0.15, 0.2) is 0 Å². The first-order chi connectivity index (χ1) is 9.05. The maximum atomic E-state index is 12.5. The van der Waals surface area contributed by atoms with E-state index in [4.69, 9.17) is 18.0 Å². The fraction of sp³-hybridized carbons (Fsp3) is 0.769. The zero-order chi connectivity index (χ0) is 13.9. The first-order valence-corrected chi connectivity index (χ1v) is 7.38. The Morgan fingerprint density at radius 3 is 2.37 bits per heavy atom. The summed E-state index contributed by atoms with van der Waals surface area (Å²) in [6, 6.07) is -0.290. The van der Waals surface area contributed by atoms with Gasteiger partial charge in [-0.2, -0.15) is 0 Å². The fourth-order valence-corrected chi connectivity index (χ4v) is 3.04. The number of hydrogen-bond acceptors (Lipinski definition) is 3. The molecule has 1 saturated heterocycles. The van der Waals surface area contributed by atoms with Crippen LogP contribution >= 0.6 is 12.2 Å². The molecule has 1 aliphatic heterocycles. The minimum Gasteiger partial charge on any atom is -0.393 e. The largest absolute Gasteiger partial charge is 0.393 e. The van der Waals surface area contributed by atoms with Gasteiger partial charge >= 0.3 is 6.03 Å². The monoisotopic (exact) mass is 283 g/mol. The Morgan fingerprint density at radius 2 is 1.79 bits per heavy atom. The second-order valence-corrected chi connectivity index (χ2v) is 5.98. The number of imide groups is 1. The fourth-order valence-electron chi connectivity index (χ4n) is 2.95. The van der Waals surface area contributed by atoms with E-state index in [1.165, 1.54) is 11.3 Å². The minimum atomic E-state index is -0.659. The number of urea groups is 1. The van der Waals surface area contributed by atoms with Crippen LogP contribution in [-0.4, -0.2) is 33.9 Å². The van der Waals surface area contributed by atoms with Crippen LogP contribution in [0.1, 0.15) is 51.4 Å². The predicted octanol–water partition coefficient (Wildman–Crippen LogP) is 1.70. The van der Waals surface area contributed by atoms with E-state index >= 15 is 0 Å².